The first-order valence-electron chi connectivity index (χ1n) is 14.4. The first-order chi connectivity index (χ1) is 18.5. The van der Waals surface area contributed by atoms with Crippen LogP contribution in [0.15, 0.2) is 70.6 Å². The zero-order chi connectivity index (χ0) is 28.4. The Hall–Kier alpha value is -3.04. The van der Waals surface area contributed by atoms with Crippen molar-refractivity contribution in [3.8, 4) is 0 Å². The Morgan fingerprint density at radius 3 is 1.08 bits per heavy atom. The number of para-hydroxylation sites is 2. The molecule has 0 N–H and O–H groups in total. The molecule has 1 heterocycles. The molecule has 4 aromatic rings. The lowest BCUT2D eigenvalue weighted by Gasteiger charge is -2.17. The van der Waals surface area contributed by atoms with Crippen molar-refractivity contribution in [2.24, 2.45) is 9.98 Å². The van der Waals surface area contributed by atoms with Gasteiger partial charge in [0.2, 0.25) is 0 Å². The summed E-state index contributed by atoms with van der Waals surface area (Å²) < 4.78 is 0. The second-order valence-electron chi connectivity index (χ2n) is 11.9. The van der Waals surface area contributed by atoms with Crippen LogP contribution in [-0.2, 0) is 0 Å². The van der Waals surface area contributed by atoms with Crippen LogP contribution in [0.2, 0.25) is 0 Å². The van der Waals surface area contributed by atoms with E-state index in [2.05, 4.69) is 130 Å². The smallest absolute Gasteiger partial charge is 0.0702 e. The second kappa shape index (κ2) is 12.0. The number of nitrogens with zero attached hydrogens (tertiary/aromatic N) is 2. The number of thiophene rings is 1. The number of hydrogen-bond acceptors (Lipinski definition) is 3. The van der Waals surface area contributed by atoms with Gasteiger partial charge in [0.15, 0.2) is 0 Å². The summed E-state index contributed by atoms with van der Waals surface area (Å²) in [5.74, 6) is 1.65. The number of hydrogen-bond donors (Lipinski definition) is 0. The summed E-state index contributed by atoms with van der Waals surface area (Å²) in [5.41, 5.74) is 9.65. The third-order valence-corrected chi connectivity index (χ3v) is 8.96. The van der Waals surface area contributed by atoms with Crippen molar-refractivity contribution in [3.05, 3.63) is 92.7 Å². The van der Waals surface area contributed by atoms with E-state index in [1.54, 1.807) is 0 Å². The predicted octanol–water partition coefficient (Wildman–Crippen LogP) is 11.7. The van der Waals surface area contributed by atoms with Gasteiger partial charge in [0, 0.05) is 10.8 Å². The fourth-order valence-electron chi connectivity index (χ4n) is 5.35. The van der Waals surface area contributed by atoms with Gasteiger partial charge in [-0.1, -0.05) is 116 Å². The Morgan fingerprint density at radius 2 is 0.795 bits per heavy atom. The molecule has 0 aliphatic heterocycles. The Bertz CT molecular complexity index is 1360. The molecule has 0 saturated carbocycles. The lowest BCUT2D eigenvalue weighted by Crippen LogP contribution is -1.99. The van der Waals surface area contributed by atoms with Gasteiger partial charge in [0.25, 0.3) is 0 Å². The Labute approximate surface area is 239 Å². The van der Waals surface area contributed by atoms with E-state index in [9.17, 15) is 0 Å². The van der Waals surface area contributed by atoms with E-state index >= 15 is 0 Å². The lowest BCUT2D eigenvalue weighted by molar-refractivity contribution is 0.834. The van der Waals surface area contributed by atoms with Gasteiger partial charge in [-0.25, -0.2) is 0 Å². The van der Waals surface area contributed by atoms with Crippen LogP contribution in [0.25, 0.3) is 10.8 Å². The molecule has 1 aromatic heterocycles. The quantitative estimate of drug-likeness (QED) is 0.200. The van der Waals surface area contributed by atoms with Crippen molar-refractivity contribution >= 4 is 44.9 Å². The average molecular weight is 537 g/mol. The third kappa shape index (κ3) is 5.94. The summed E-state index contributed by atoms with van der Waals surface area (Å²) in [7, 11) is 0. The normalized spacial score (nSPS) is 13.1. The number of fused-ring (bicyclic) bond motifs is 1. The van der Waals surface area contributed by atoms with Gasteiger partial charge >= 0.3 is 0 Å². The molecule has 3 heteroatoms. The number of rotatable bonds is 8. The largest absolute Gasteiger partial charge is 0.252 e. The van der Waals surface area contributed by atoms with Crippen molar-refractivity contribution in [1.29, 1.82) is 0 Å². The van der Waals surface area contributed by atoms with Crippen LogP contribution in [0.3, 0.4) is 0 Å². The van der Waals surface area contributed by atoms with Crippen LogP contribution in [0.5, 0.6) is 0 Å². The molecular weight excluding hydrogens is 492 g/mol. The highest BCUT2D eigenvalue weighted by Crippen LogP contribution is 2.39. The van der Waals surface area contributed by atoms with Crippen LogP contribution >= 0.6 is 11.3 Å². The minimum absolute atomic E-state index is 0.413. The van der Waals surface area contributed by atoms with E-state index < -0.39 is 0 Å². The first-order valence-corrected chi connectivity index (χ1v) is 15.2. The van der Waals surface area contributed by atoms with E-state index in [1.165, 1.54) is 42.8 Å². The molecule has 0 aliphatic rings. The molecule has 39 heavy (non-hydrogen) atoms. The molecule has 3 aromatic carbocycles. The standard InChI is InChI=1S/C36H44N2S/c1-21(2)27-17-13-18-28(22(3)4)33(27)37-25(9)35-31-15-11-12-16-32(31)36(39-35)26(10)38-34-29(23(5)6)19-14-20-30(34)24(7)8/h11-24H,1-10H3. The van der Waals surface area contributed by atoms with Crippen molar-refractivity contribution in [3.63, 3.8) is 0 Å². The van der Waals surface area contributed by atoms with Crippen LogP contribution in [0.1, 0.15) is 125 Å². The van der Waals surface area contributed by atoms with Crippen LogP contribution in [-0.4, -0.2) is 11.4 Å². The van der Waals surface area contributed by atoms with Gasteiger partial charge in [-0.15, -0.1) is 11.3 Å². The minimum atomic E-state index is 0.413. The van der Waals surface area contributed by atoms with Crippen LogP contribution in [0.4, 0.5) is 11.4 Å². The SMILES string of the molecule is CC(=Nc1c(C(C)C)cccc1C(C)C)c1sc(C(C)=Nc2c(C(C)C)cccc2C(C)C)c2ccccc12. The molecule has 0 radical (unpaired) electrons. The van der Waals surface area contributed by atoms with E-state index in [0.717, 1.165) is 22.8 Å². The van der Waals surface area contributed by atoms with E-state index in [0.29, 0.717) is 23.7 Å². The van der Waals surface area contributed by atoms with E-state index in [-0.39, 0.29) is 0 Å². The molecule has 0 fully saturated rings. The molecule has 4 rings (SSSR count). The molecule has 204 valence electrons. The molecule has 0 aliphatic carbocycles. The van der Waals surface area contributed by atoms with Gasteiger partial charge in [-0.3, -0.25) is 9.98 Å². The third-order valence-electron chi connectivity index (χ3n) is 7.52. The van der Waals surface area contributed by atoms with Crippen molar-refractivity contribution < 1.29 is 0 Å². The maximum atomic E-state index is 5.34. The minimum Gasteiger partial charge on any atom is -0.252 e. The van der Waals surface area contributed by atoms with E-state index in [4.69, 9.17) is 9.98 Å². The van der Waals surface area contributed by atoms with Crippen LogP contribution < -0.4 is 0 Å². The summed E-state index contributed by atoms with van der Waals surface area (Å²) in [6.07, 6.45) is 0. The first kappa shape index (κ1) is 29.0. The fourth-order valence-corrected chi connectivity index (χ4v) is 6.51. The Balaban J connectivity index is 1.91. The topological polar surface area (TPSA) is 24.7 Å². The molecule has 2 nitrogen and oxygen atoms in total. The second-order valence-corrected chi connectivity index (χ2v) is 12.9. The molecular formula is C36H44N2S. The molecule has 0 spiro atoms. The highest BCUT2D eigenvalue weighted by molar-refractivity contribution is 7.18. The molecule has 0 bridgehead atoms. The number of benzene rings is 3. The zero-order valence-corrected chi connectivity index (χ0v) is 26.2. The molecule has 0 atom stereocenters. The zero-order valence-electron chi connectivity index (χ0n) is 25.4. The summed E-state index contributed by atoms with van der Waals surface area (Å²) in [4.78, 5) is 13.1. The van der Waals surface area contributed by atoms with Gasteiger partial charge in [0.05, 0.1) is 32.6 Å². The highest BCUT2D eigenvalue weighted by Gasteiger charge is 2.19. The van der Waals surface area contributed by atoms with Crippen molar-refractivity contribution in [2.75, 3.05) is 0 Å². The molecule has 0 saturated heterocycles. The summed E-state index contributed by atoms with van der Waals surface area (Å²) >= 11 is 1.82. The monoisotopic (exact) mass is 536 g/mol. The average Bonchev–Trinajstić information content (AvgIpc) is 3.28. The summed E-state index contributed by atoms with van der Waals surface area (Å²) in [6.45, 7) is 22.4. The Kier molecular flexibility index (Phi) is 8.91. The van der Waals surface area contributed by atoms with Gasteiger partial charge < -0.3 is 0 Å². The highest BCUT2D eigenvalue weighted by atomic mass is 32.1. The van der Waals surface area contributed by atoms with Crippen molar-refractivity contribution in [1.82, 2.24) is 0 Å². The van der Waals surface area contributed by atoms with Gasteiger partial charge in [0.1, 0.15) is 0 Å². The van der Waals surface area contributed by atoms with Gasteiger partial charge in [-0.2, -0.15) is 0 Å². The maximum absolute atomic E-state index is 5.34. The van der Waals surface area contributed by atoms with E-state index in [1.807, 2.05) is 11.3 Å². The lowest BCUT2D eigenvalue weighted by atomic mass is 9.93. The number of aliphatic imine (C=N–C) groups is 2. The fraction of sp³-hybridized carbons (Fsp3) is 0.389. The summed E-state index contributed by atoms with van der Waals surface area (Å²) in [6, 6.07) is 22.0. The van der Waals surface area contributed by atoms with Crippen molar-refractivity contribution in [2.45, 2.75) is 92.9 Å². The maximum Gasteiger partial charge on any atom is 0.0702 e. The predicted molar refractivity (Wildman–Crippen MR) is 175 cm³/mol. The summed E-state index contributed by atoms with van der Waals surface area (Å²) in [5, 5.41) is 2.50. The van der Waals surface area contributed by atoms with Crippen LogP contribution in [0, 0.1) is 0 Å². The van der Waals surface area contributed by atoms with Gasteiger partial charge in [-0.05, 0) is 59.8 Å². The Morgan fingerprint density at radius 1 is 0.487 bits per heavy atom. The molecule has 0 amide bonds. The molecule has 0 unspecified atom stereocenters.